The van der Waals surface area contributed by atoms with Gasteiger partial charge in [-0.3, -0.25) is 0 Å². The van der Waals surface area contributed by atoms with Crippen LogP contribution in [0.1, 0.15) is 16.1 Å². The highest BCUT2D eigenvalue weighted by molar-refractivity contribution is 7.71. The van der Waals surface area contributed by atoms with Crippen LogP contribution >= 0.6 is 12.2 Å². The predicted octanol–water partition coefficient (Wildman–Crippen LogP) is 3.47. The third-order valence-electron chi connectivity index (χ3n) is 2.81. The summed E-state index contributed by atoms with van der Waals surface area (Å²) in [6, 6.07) is 4.77. The van der Waals surface area contributed by atoms with E-state index in [0.29, 0.717) is 0 Å². The fraction of sp³-hybridized carbons (Fsp3) is 0.167. The first-order valence-corrected chi connectivity index (χ1v) is 5.83. The number of nitrogens with zero attached hydrogens (tertiary/aromatic N) is 1. The van der Waals surface area contributed by atoms with Gasteiger partial charge in [-0.2, -0.15) is 13.2 Å². The average Bonchev–Trinajstić information content (AvgIpc) is 2.65. The zero-order chi connectivity index (χ0) is 15.1. The lowest BCUT2D eigenvalue weighted by Gasteiger charge is -2.13. The quantitative estimate of drug-likeness (QED) is 0.835. The molecule has 0 radical (unpaired) electrons. The maximum Gasteiger partial charge on any atom is 0.417 e. The highest BCUT2D eigenvalue weighted by Crippen LogP contribution is 2.37. The van der Waals surface area contributed by atoms with Gasteiger partial charge in [-0.25, -0.2) is 4.79 Å². The Kier molecular flexibility index (Phi) is 3.43. The maximum absolute atomic E-state index is 13.0. The Balaban J connectivity index is 2.83. The van der Waals surface area contributed by atoms with Crippen LogP contribution < -0.4 is 0 Å². The van der Waals surface area contributed by atoms with Gasteiger partial charge in [0.2, 0.25) is 0 Å². The van der Waals surface area contributed by atoms with Gasteiger partial charge in [0.25, 0.3) is 0 Å². The molecule has 0 aliphatic rings. The van der Waals surface area contributed by atoms with E-state index < -0.39 is 17.7 Å². The topological polar surface area (TPSA) is 58.0 Å². The molecule has 1 heterocycles. The van der Waals surface area contributed by atoms with Crippen LogP contribution in [0.2, 0.25) is 0 Å². The van der Waals surface area contributed by atoms with Crippen molar-refractivity contribution in [1.29, 1.82) is 0 Å². The lowest BCUT2D eigenvalue weighted by molar-refractivity contribution is -0.137. The Labute approximate surface area is 116 Å². The average molecular weight is 302 g/mol. The molecule has 1 aromatic heterocycles. The molecule has 2 rings (SSSR count). The Morgan fingerprint density at radius 2 is 1.95 bits per heavy atom. The Bertz CT molecular complexity index is 731. The number of hydrogen-bond acceptors (Lipinski definition) is 2. The van der Waals surface area contributed by atoms with Gasteiger partial charge in [-0.05, 0) is 18.3 Å². The first-order valence-electron chi connectivity index (χ1n) is 5.42. The van der Waals surface area contributed by atoms with Crippen molar-refractivity contribution in [2.45, 2.75) is 6.18 Å². The number of H-pyrrole nitrogens is 1. The number of aromatic nitrogens is 2. The van der Waals surface area contributed by atoms with Gasteiger partial charge < -0.3 is 14.7 Å². The van der Waals surface area contributed by atoms with Gasteiger partial charge in [0, 0.05) is 12.6 Å². The van der Waals surface area contributed by atoms with Crippen molar-refractivity contribution in [1.82, 2.24) is 9.55 Å². The third kappa shape index (κ3) is 2.34. The molecule has 2 aromatic rings. The molecule has 8 heteroatoms. The standard InChI is InChI=1S/C12H9F3N2O2S/c1-17-9(8(10(18)19)16-11(17)20)6-4-2-3-5-7(6)12(13,14)15/h2-5H,1H3,(H,16,20)(H,18,19). The number of rotatable bonds is 2. The summed E-state index contributed by atoms with van der Waals surface area (Å²) < 4.78 is 40.3. The number of carbonyl (C=O) groups is 1. The van der Waals surface area contributed by atoms with Gasteiger partial charge in [-0.1, -0.05) is 18.2 Å². The number of imidazole rings is 1. The molecule has 1 aromatic carbocycles. The van der Waals surface area contributed by atoms with Crippen LogP contribution in [-0.2, 0) is 13.2 Å². The summed E-state index contributed by atoms with van der Waals surface area (Å²) >= 11 is 4.88. The molecule has 0 fully saturated rings. The van der Waals surface area contributed by atoms with Crippen LogP contribution in [0.25, 0.3) is 11.3 Å². The van der Waals surface area contributed by atoms with Crippen LogP contribution in [0, 0.1) is 4.77 Å². The van der Waals surface area contributed by atoms with Crippen LogP contribution in [0.3, 0.4) is 0 Å². The summed E-state index contributed by atoms with van der Waals surface area (Å²) in [7, 11) is 1.41. The van der Waals surface area contributed by atoms with Crippen molar-refractivity contribution in [3.63, 3.8) is 0 Å². The number of alkyl halides is 3. The molecule has 20 heavy (non-hydrogen) atoms. The Morgan fingerprint density at radius 3 is 2.50 bits per heavy atom. The van der Waals surface area contributed by atoms with E-state index in [-0.39, 0.29) is 21.7 Å². The SMILES string of the molecule is Cn1c(-c2ccccc2C(F)(F)F)c(C(=O)O)[nH]c1=S. The molecule has 0 atom stereocenters. The summed E-state index contributed by atoms with van der Waals surface area (Å²) in [5.41, 5.74) is -1.61. The number of aromatic carboxylic acids is 1. The van der Waals surface area contributed by atoms with Crippen molar-refractivity contribution >= 4 is 18.2 Å². The molecule has 0 unspecified atom stereocenters. The van der Waals surface area contributed by atoms with E-state index in [1.165, 1.54) is 29.8 Å². The van der Waals surface area contributed by atoms with Crippen molar-refractivity contribution in [3.8, 4) is 11.3 Å². The smallest absolute Gasteiger partial charge is 0.417 e. The Morgan fingerprint density at radius 1 is 1.35 bits per heavy atom. The normalized spacial score (nSPS) is 11.6. The zero-order valence-electron chi connectivity index (χ0n) is 10.2. The second-order valence-electron chi connectivity index (χ2n) is 4.06. The van der Waals surface area contributed by atoms with E-state index >= 15 is 0 Å². The molecule has 0 amide bonds. The van der Waals surface area contributed by atoms with Crippen LogP contribution in [0.15, 0.2) is 24.3 Å². The molecule has 0 aliphatic carbocycles. The predicted molar refractivity (Wildman–Crippen MR) is 68.0 cm³/mol. The van der Waals surface area contributed by atoms with E-state index in [0.717, 1.165) is 6.07 Å². The molecule has 0 spiro atoms. The van der Waals surface area contributed by atoms with Crippen LogP contribution in [-0.4, -0.2) is 20.6 Å². The van der Waals surface area contributed by atoms with Gasteiger partial charge in [-0.15, -0.1) is 0 Å². The number of nitrogens with one attached hydrogen (secondary N) is 1. The van der Waals surface area contributed by atoms with Crippen LogP contribution in [0.4, 0.5) is 13.2 Å². The summed E-state index contributed by atoms with van der Waals surface area (Å²) in [5, 5.41) is 9.09. The number of hydrogen-bond donors (Lipinski definition) is 2. The second kappa shape index (κ2) is 4.78. The van der Waals surface area contributed by atoms with E-state index in [2.05, 4.69) is 4.98 Å². The van der Waals surface area contributed by atoms with Crippen LogP contribution in [0.5, 0.6) is 0 Å². The first kappa shape index (κ1) is 14.3. The molecular weight excluding hydrogens is 293 g/mol. The number of benzene rings is 1. The molecule has 0 saturated carbocycles. The maximum atomic E-state index is 13.0. The number of carboxylic acid groups (broad SMARTS) is 1. The van der Waals surface area contributed by atoms with E-state index in [1.807, 2.05) is 0 Å². The molecule has 106 valence electrons. The fourth-order valence-corrected chi connectivity index (χ4v) is 2.12. The van der Waals surface area contributed by atoms with Gasteiger partial charge in [0.05, 0.1) is 11.3 Å². The molecule has 0 saturated heterocycles. The molecule has 0 bridgehead atoms. The lowest BCUT2D eigenvalue weighted by atomic mass is 10.0. The van der Waals surface area contributed by atoms with Crippen molar-refractivity contribution < 1.29 is 23.1 Å². The highest BCUT2D eigenvalue weighted by atomic mass is 32.1. The summed E-state index contributed by atoms with van der Waals surface area (Å²) in [4.78, 5) is 13.5. The van der Waals surface area contributed by atoms with Gasteiger partial charge in [0.1, 0.15) is 0 Å². The summed E-state index contributed by atoms with van der Waals surface area (Å²) in [6.45, 7) is 0. The third-order valence-corrected chi connectivity index (χ3v) is 3.19. The molecule has 4 nitrogen and oxygen atoms in total. The van der Waals surface area contributed by atoms with E-state index in [4.69, 9.17) is 17.3 Å². The summed E-state index contributed by atoms with van der Waals surface area (Å²) in [6.07, 6.45) is -4.59. The molecular formula is C12H9F3N2O2S. The van der Waals surface area contributed by atoms with E-state index in [9.17, 15) is 18.0 Å². The minimum absolute atomic E-state index is 0.0365. The van der Waals surface area contributed by atoms with Crippen molar-refractivity contribution in [3.05, 3.63) is 40.3 Å². The zero-order valence-corrected chi connectivity index (χ0v) is 11.0. The molecule has 0 aliphatic heterocycles. The Hall–Kier alpha value is -2.09. The van der Waals surface area contributed by atoms with Gasteiger partial charge in [0.15, 0.2) is 10.5 Å². The summed E-state index contributed by atoms with van der Waals surface area (Å²) in [5.74, 6) is -1.37. The van der Waals surface area contributed by atoms with Gasteiger partial charge >= 0.3 is 12.1 Å². The lowest BCUT2D eigenvalue weighted by Crippen LogP contribution is -2.10. The first-order chi connectivity index (χ1) is 9.23. The monoisotopic (exact) mass is 302 g/mol. The fourth-order valence-electron chi connectivity index (χ4n) is 1.93. The minimum atomic E-state index is -4.59. The second-order valence-corrected chi connectivity index (χ2v) is 4.45. The van der Waals surface area contributed by atoms with Crippen molar-refractivity contribution in [2.24, 2.45) is 7.05 Å². The minimum Gasteiger partial charge on any atom is -0.477 e. The largest absolute Gasteiger partial charge is 0.477 e. The van der Waals surface area contributed by atoms with E-state index in [1.54, 1.807) is 0 Å². The molecule has 2 N–H and O–H groups in total. The highest BCUT2D eigenvalue weighted by Gasteiger charge is 2.35. The number of aromatic amines is 1. The van der Waals surface area contributed by atoms with Crippen molar-refractivity contribution in [2.75, 3.05) is 0 Å². The number of carboxylic acids is 1. The number of halogens is 3.